The van der Waals surface area contributed by atoms with Crippen molar-refractivity contribution in [3.05, 3.63) is 23.3 Å². The maximum atomic E-state index is 14.3. The highest BCUT2D eigenvalue weighted by Gasteiger charge is 2.69. The molecule has 0 aliphatic heterocycles. The summed E-state index contributed by atoms with van der Waals surface area (Å²) in [6.07, 6.45) is 8.29. The lowest BCUT2D eigenvalue weighted by atomic mass is 9.35. The molecule has 0 amide bonds. The van der Waals surface area contributed by atoms with Gasteiger partial charge < -0.3 is 4.74 Å². The molecule has 0 bridgehead atoms. The van der Waals surface area contributed by atoms with Gasteiger partial charge in [0.15, 0.2) is 11.6 Å². The molecule has 0 saturated heterocycles. The van der Waals surface area contributed by atoms with Gasteiger partial charge in [-0.15, -0.1) is 0 Å². The fraction of sp³-hybridized carbons (Fsp3) is 0.750. The highest BCUT2D eigenvalue weighted by atomic mass is 16.5. The fourth-order valence-corrected chi connectivity index (χ4v) is 10.4. The average molecular weight is 506 g/mol. The Balaban J connectivity index is 1.67. The van der Waals surface area contributed by atoms with Crippen molar-refractivity contribution < 1.29 is 19.1 Å². The third kappa shape index (κ3) is 3.17. The van der Waals surface area contributed by atoms with Crippen LogP contribution >= 0.6 is 0 Å². The number of fused-ring (bicyclic) bond motifs is 7. The number of rotatable bonds is 1. The molecule has 0 aromatic rings. The standard InChI is InChI=1S/C32H43NO4/c1-17-13-21(28(36)37-8)20-9-11-32(7)26(25(20)18(17)2)22(34)14-24-30(5)15-19(16-33)27(35)29(3,4)23(30)10-12-31(24,32)6/h14-15,17-18,20-21,23,25-26H,9-13H2,1-8H3. The number of Topliss-reactive ketones (excluding diaryl/α,β-unsaturated/α-hetero) is 1. The molecule has 0 aromatic heterocycles. The minimum atomic E-state index is -0.657. The first-order chi connectivity index (χ1) is 17.2. The van der Waals surface area contributed by atoms with Crippen LogP contribution in [0.2, 0.25) is 0 Å². The number of nitriles is 1. The number of hydrogen-bond donors (Lipinski definition) is 0. The van der Waals surface area contributed by atoms with Crippen molar-refractivity contribution in [1.29, 1.82) is 5.26 Å². The number of methoxy groups -OCH3 is 1. The van der Waals surface area contributed by atoms with Crippen molar-refractivity contribution in [3.63, 3.8) is 0 Å². The van der Waals surface area contributed by atoms with Crippen LogP contribution in [0.5, 0.6) is 0 Å². The molecule has 3 fully saturated rings. The van der Waals surface area contributed by atoms with Gasteiger partial charge in [-0.25, -0.2) is 0 Å². The van der Waals surface area contributed by atoms with Crippen LogP contribution < -0.4 is 0 Å². The SMILES string of the molecule is COC(=O)C1CC(C)C(C)C2C1CCC1(C)C2C(=O)C=C2C3(C)C=C(C#N)C(=O)C(C)(C)C3CCC21C. The number of hydrogen-bond acceptors (Lipinski definition) is 5. The lowest BCUT2D eigenvalue weighted by Crippen LogP contribution is -2.64. The zero-order chi connectivity index (χ0) is 27.3. The average Bonchev–Trinajstić information content (AvgIpc) is 2.84. The number of esters is 1. The van der Waals surface area contributed by atoms with Crippen LogP contribution in [0.1, 0.15) is 80.6 Å². The number of nitrogens with zero attached hydrogens (tertiary/aromatic N) is 1. The monoisotopic (exact) mass is 505 g/mol. The minimum Gasteiger partial charge on any atom is -0.469 e. The van der Waals surface area contributed by atoms with E-state index >= 15 is 0 Å². The van der Waals surface area contributed by atoms with Gasteiger partial charge in [0.2, 0.25) is 0 Å². The van der Waals surface area contributed by atoms with E-state index in [0.717, 1.165) is 37.7 Å². The molecule has 10 unspecified atom stereocenters. The van der Waals surface area contributed by atoms with E-state index < -0.39 is 10.8 Å². The van der Waals surface area contributed by atoms with Gasteiger partial charge in [-0.3, -0.25) is 14.4 Å². The van der Waals surface area contributed by atoms with E-state index in [4.69, 9.17) is 4.74 Å². The summed E-state index contributed by atoms with van der Waals surface area (Å²) in [5.74, 6) is 0.754. The second kappa shape index (κ2) is 8.14. The van der Waals surface area contributed by atoms with Gasteiger partial charge in [-0.05, 0) is 78.6 Å². The largest absolute Gasteiger partial charge is 0.469 e. The molecule has 3 saturated carbocycles. The van der Waals surface area contributed by atoms with E-state index in [-0.39, 0.29) is 63.5 Å². The Labute approximate surface area is 222 Å². The van der Waals surface area contributed by atoms with Crippen LogP contribution in [0.3, 0.4) is 0 Å². The Morgan fingerprint density at radius 3 is 2.38 bits per heavy atom. The maximum absolute atomic E-state index is 14.3. The van der Waals surface area contributed by atoms with Crippen molar-refractivity contribution in [2.75, 3.05) is 7.11 Å². The van der Waals surface area contributed by atoms with Crippen LogP contribution in [0.4, 0.5) is 0 Å². The fourth-order valence-electron chi connectivity index (χ4n) is 10.4. The van der Waals surface area contributed by atoms with Gasteiger partial charge in [0.25, 0.3) is 0 Å². The summed E-state index contributed by atoms with van der Waals surface area (Å²) in [5.41, 5.74) is -0.301. The van der Waals surface area contributed by atoms with Gasteiger partial charge in [-0.1, -0.05) is 60.1 Å². The van der Waals surface area contributed by atoms with E-state index in [1.54, 1.807) is 0 Å². The first-order valence-electron chi connectivity index (χ1n) is 14.2. The molecule has 200 valence electrons. The maximum Gasteiger partial charge on any atom is 0.308 e. The van der Waals surface area contributed by atoms with Crippen LogP contribution in [-0.4, -0.2) is 24.6 Å². The molecule has 5 aliphatic carbocycles. The summed E-state index contributed by atoms with van der Waals surface area (Å²) in [6.45, 7) is 15.3. The van der Waals surface area contributed by atoms with Gasteiger partial charge in [0.1, 0.15) is 6.07 Å². The van der Waals surface area contributed by atoms with Crippen LogP contribution in [0.25, 0.3) is 0 Å². The molecule has 0 radical (unpaired) electrons. The molecule has 5 nitrogen and oxygen atoms in total. The summed E-state index contributed by atoms with van der Waals surface area (Å²) in [5, 5.41) is 9.86. The first kappa shape index (κ1) is 26.4. The predicted molar refractivity (Wildman–Crippen MR) is 141 cm³/mol. The third-order valence-electron chi connectivity index (χ3n) is 12.7. The van der Waals surface area contributed by atoms with Crippen molar-refractivity contribution in [2.24, 2.45) is 63.1 Å². The van der Waals surface area contributed by atoms with Crippen molar-refractivity contribution >= 4 is 17.5 Å². The van der Waals surface area contributed by atoms with Crippen LogP contribution in [0, 0.1) is 74.4 Å². The molecule has 0 aromatic carbocycles. The Hall–Kier alpha value is -2.22. The Morgan fingerprint density at radius 1 is 1.08 bits per heavy atom. The van der Waals surface area contributed by atoms with E-state index in [2.05, 4.69) is 40.7 Å². The topological polar surface area (TPSA) is 84.2 Å². The van der Waals surface area contributed by atoms with Gasteiger partial charge in [0.05, 0.1) is 18.6 Å². The van der Waals surface area contributed by atoms with E-state index in [1.807, 2.05) is 26.0 Å². The van der Waals surface area contributed by atoms with Gasteiger partial charge in [0, 0.05) is 16.7 Å². The van der Waals surface area contributed by atoms with Crippen molar-refractivity contribution in [2.45, 2.75) is 80.6 Å². The van der Waals surface area contributed by atoms with Crippen molar-refractivity contribution in [1.82, 2.24) is 0 Å². The van der Waals surface area contributed by atoms with E-state index in [9.17, 15) is 19.6 Å². The predicted octanol–water partition coefficient (Wildman–Crippen LogP) is 6.09. The minimum absolute atomic E-state index is 0.0468. The smallest absolute Gasteiger partial charge is 0.308 e. The number of carbonyl (C=O) groups is 3. The van der Waals surface area contributed by atoms with Crippen LogP contribution in [0.15, 0.2) is 23.3 Å². The summed E-state index contributed by atoms with van der Waals surface area (Å²) < 4.78 is 5.24. The van der Waals surface area contributed by atoms with Crippen LogP contribution in [-0.2, 0) is 19.1 Å². The molecule has 37 heavy (non-hydrogen) atoms. The second-order valence-electron chi connectivity index (χ2n) is 14.3. The molecule has 5 heteroatoms. The normalized spacial score (nSPS) is 48.2. The Bertz CT molecular complexity index is 1170. The summed E-state index contributed by atoms with van der Waals surface area (Å²) in [4.78, 5) is 40.4. The molecular formula is C32H43NO4. The molecule has 10 atom stereocenters. The number of ketones is 2. The van der Waals surface area contributed by atoms with Gasteiger partial charge >= 0.3 is 5.97 Å². The van der Waals surface area contributed by atoms with E-state index in [1.165, 1.54) is 7.11 Å². The van der Waals surface area contributed by atoms with Gasteiger partial charge in [-0.2, -0.15) is 5.26 Å². The van der Waals surface area contributed by atoms with Crippen molar-refractivity contribution in [3.8, 4) is 6.07 Å². The zero-order valence-corrected chi connectivity index (χ0v) is 23.8. The highest BCUT2D eigenvalue weighted by molar-refractivity contribution is 6.04. The number of allylic oxidation sites excluding steroid dienone is 4. The second-order valence-corrected chi connectivity index (χ2v) is 14.3. The zero-order valence-electron chi connectivity index (χ0n) is 23.8. The molecule has 5 rings (SSSR count). The summed E-state index contributed by atoms with van der Waals surface area (Å²) in [6, 6.07) is 2.18. The molecule has 0 heterocycles. The third-order valence-corrected chi connectivity index (χ3v) is 12.7. The highest BCUT2D eigenvalue weighted by Crippen LogP contribution is 2.73. The Kier molecular flexibility index (Phi) is 5.81. The van der Waals surface area contributed by atoms with E-state index in [0.29, 0.717) is 11.8 Å². The lowest BCUT2D eigenvalue weighted by Gasteiger charge is -2.68. The Morgan fingerprint density at radius 2 is 1.76 bits per heavy atom. The summed E-state index contributed by atoms with van der Waals surface area (Å²) in [7, 11) is 1.48. The first-order valence-corrected chi connectivity index (χ1v) is 14.2. The quantitative estimate of drug-likeness (QED) is 0.403. The lowest BCUT2D eigenvalue weighted by molar-refractivity contribution is -0.174. The number of ether oxygens (including phenoxy) is 1. The molecular weight excluding hydrogens is 462 g/mol. The molecule has 5 aliphatic rings. The molecule has 0 spiro atoms. The number of carbonyl (C=O) groups excluding carboxylic acids is 3. The summed E-state index contributed by atoms with van der Waals surface area (Å²) >= 11 is 0. The molecule has 0 N–H and O–H groups in total.